The summed E-state index contributed by atoms with van der Waals surface area (Å²) in [5.74, 6) is 1.62. The number of methoxy groups -OCH3 is 2. The number of ether oxygens (including phenoxy) is 2. The summed E-state index contributed by atoms with van der Waals surface area (Å²) in [7, 11) is 5.14. The summed E-state index contributed by atoms with van der Waals surface area (Å²) in [6.45, 7) is 7.48. The lowest BCUT2D eigenvalue weighted by Crippen LogP contribution is -2.45. The number of nitrogens with zero attached hydrogens (tertiary/aromatic N) is 1. The van der Waals surface area contributed by atoms with Crippen LogP contribution in [-0.2, 0) is 11.3 Å². The van der Waals surface area contributed by atoms with Gasteiger partial charge in [0.25, 0.3) is 0 Å². The maximum Gasteiger partial charge on any atom is 0.191 e. The van der Waals surface area contributed by atoms with Crippen molar-refractivity contribution in [2.75, 3.05) is 27.8 Å². The number of aryl methyl sites for hydroxylation is 1. The second kappa shape index (κ2) is 9.89. The third-order valence-electron chi connectivity index (χ3n) is 3.26. The molecule has 0 unspecified atom stereocenters. The summed E-state index contributed by atoms with van der Waals surface area (Å²) in [5, 5.41) is 6.55. The molecule has 1 aromatic carbocycles. The highest BCUT2D eigenvalue weighted by Crippen LogP contribution is 2.16. The molecule has 0 spiro atoms. The molecule has 2 N–H and O–H groups in total. The topological polar surface area (TPSA) is 54.9 Å². The van der Waals surface area contributed by atoms with Crippen LogP contribution in [0.15, 0.2) is 23.2 Å². The van der Waals surface area contributed by atoms with Crippen LogP contribution in [-0.4, -0.2) is 39.4 Å². The van der Waals surface area contributed by atoms with Crippen molar-refractivity contribution in [1.29, 1.82) is 0 Å². The van der Waals surface area contributed by atoms with Crippen LogP contribution >= 0.6 is 24.0 Å². The average molecular weight is 421 g/mol. The molecule has 0 aromatic heterocycles. The Labute approximate surface area is 150 Å². The van der Waals surface area contributed by atoms with Gasteiger partial charge in [-0.05, 0) is 44.0 Å². The van der Waals surface area contributed by atoms with E-state index in [1.807, 2.05) is 26.0 Å². The Morgan fingerprint density at radius 2 is 1.86 bits per heavy atom. The normalized spacial score (nSPS) is 11.6. The summed E-state index contributed by atoms with van der Waals surface area (Å²) >= 11 is 0. The van der Waals surface area contributed by atoms with Crippen LogP contribution in [0.4, 0.5) is 0 Å². The van der Waals surface area contributed by atoms with Gasteiger partial charge in [0, 0.05) is 27.2 Å². The van der Waals surface area contributed by atoms with E-state index in [0.717, 1.165) is 17.3 Å². The van der Waals surface area contributed by atoms with Gasteiger partial charge in [0.15, 0.2) is 5.96 Å². The van der Waals surface area contributed by atoms with E-state index in [9.17, 15) is 0 Å². The number of nitrogens with one attached hydrogen (secondary N) is 2. The molecule has 0 amide bonds. The minimum absolute atomic E-state index is 0. The fourth-order valence-corrected chi connectivity index (χ4v) is 1.82. The van der Waals surface area contributed by atoms with Crippen molar-refractivity contribution in [3.8, 4) is 5.75 Å². The van der Waals surface area contributed by atoms with Gasteiger partial charge in [-0.15, -0.1) is 24.0 Å². The molecule has 0 radical (unpaired) electrons. The minimum atomic E-state index is -0.232. The monoisotopic (exact) mass is 421 g/mol. The molecule has 0 saturated carbocycles. The van der Waals surface area contributed by atoms with E-state index < -0.39 is 0 Å². The Balaban J connectivity index is 0.00000441. The highest BCUT2D eigenvalue weighted by Gasteiger charge is 2.16. The van der Waals surface area contributed by atoms with Crippen LogP contribution < -0.4 is 15.4 Å². The van der Waals surface area contributed by atoms with Crippen molar-refractivity contribution in [2.45, 2.75) is 32.9 Å². The number of rotatable bonds is 6. The summed E-state index contributed by atoms with van der Waals surface area (Å²) in [5.41, 5.74) is 2.10. The zero-order chi connectivity index (χ0) is 15.9. The van der Waals surface area contributed by atoms with Gasteiger partial charge in [0.2, 0.25) is 0 Å². The number of hydrogen-bond acceptors (Lipinski definition) is 3. The first-order valence-corrected chi connectivity index (χ1v) is 7.04. The molecular weight excluding hydrogens is 393 g/mol. The van der Waals surface area contributed by atoms with Crippen LogP contribution in [0.3, 0.4) is 0 Å². The summed E-state index contributed by atoms with van der Waals surface area (Å²) in [6.07, 6.45) is 0. The zero-order valence-electron chi connectivity index (χ0n) is 14.3. The SMILES string of the molecule is CN=C(NCc1cc(C)cc(OC)c1)NCC(C)(C)OC.I. The molecule has 1 rings (SSSR count). The number of halogens is 1. The highest BCUT2D eigenvalue weighted by atomic mass is 127. The van der Waals surface area contributed by atoms with E-state index in [-0.39, 0.29) is 29.6 Å². The quantitative estimate of drug-likeness (QED) is 0.422. The Morgan fingerprint density at radius 1 is 1.18 bits per heavy atom. The first kappa shape index (κ1) is 21.0. The van der Waals surface area contributed by atoms with Crippen LogP contribution in [0.2, 0.25) is 0 Å². The van der Waals surface area contributed by atoms with Gasteiger partial charge in [-0.1, -0.05) is 6.07 Å². The zero-order valence-corrected chi connectivity index (χ0v) is 16.6. The molecule has 6 heteroatoms. The average Bonchev–Trinajstić information content (AvgIpc) is 2.46. The molecule has 0 fully saturated rings. The van der Waals surface area contributed by atoms with E-state index in [4.69, 9.17) is 9.47 Å². The van der Waals surface area contributed by atoms with Gasteiger partial charge < -0.3 is 20.1 Å². The predicted octanol–water partition coefficient (Wildman–Crippen LogP) is 2.71. The van der Waals surface area contributed by atoms with Crippen LogP contribution in [0.25, 0.3) is 0 Å². The van der Waals surface area contributed by atoms with Gasteiger partial charge in [-0.25, -0.2) is 0 Å². The van der Waals surface area contributed by atoms with Crippen molar-refractivity contribution >= 4 is 29.9 Å². The molecule has 0 aliphatic rings. The second-order valence-corrected chi connectivity index (χ2v) is 5.60. The highest BCUT2D eigenvalue weighted by molar-refractivity contribution is 14.0. The molecule has 22 heavy (non-hydrogen) atoms. The molecule has 0 atom stereocenters. The van der Waals surface area contributed by atoms with Crippen molar-refractivity contribution in [3.05, 3.63) is 29.3 Å². The lowest BCUT2D eigenvalue weighted by atomic mass is 10.1. The molecular formula is C16H28IN3O2. The van der Waals surface area contributed by atoms with Crippen LogP contribution in [0.1, 0.15) is 25.0 Å². The number of hydrogen-bond donors (Lipinski definition) is 2. The smallest absolute Gasteiger partial charge is 0.191 e. The Morgan fingerprint density at radius 3 is 2.41 bits per heavy atom. The van der Waals surface area contributed by atoms with Gasteiger partial charge in [0.05, 0.1) is 12.7 Å². The summed E-state index contributed by atoms with van der Waals surface area (Å²) in [6, 6.07) is 6.16. The van der Waals surface area contributed by atoms with E-state index >= 15 is 0 Å². The maximum atomic E-state index is 5.38. The van der Waals surface area contributed by atoms with Gasteiger partial charge in [0.1, 0.15) is 5.75 Å². The summed E-state index contributed by atoms with van der Waals surface area (Å²) < 4.78 is 10.7. The van der Waals surface area contributed by atoms with Gasteiger partial charge in [-0.2, -0.15) is 0 Å². The van der Waals surface area contributed by atoms with E-state index in [0.29, 0.717) is 13.1 Å². The molecule has 0 aliphatic carbocycles. The van der Waals surface area contributed by atoms with E-state index in [1.165, 1.54) is 5.56 Å². The predicted molar refractivity (Wildman–Crippen MR) is 102 cm³/mol. The van der Waals surface area contributed by atoms with E-state index in [1.54, 1.807) is 21.3 Å². The van der Waals surface area contributed by atoms with Gasteiger partial charge >= 0.3 is 0 Å². The number of benzene rings is 1. The molecule has 0 saturated heterocycles. The Bertz CT molecular complexity index is 490. The molecule has 126 valence electrons. The fraction of sp³-hybridized carbons (Fsp3) is 0.562. The van der Waals surface area contributed by atoms with Crippen LogP contribution in [0, 0.1) is 6.92 Å². The largest absolute Gasteiger partial charge is 0.497 e. The molecule has 1 aromatic rings. The molecule has 0 bridgehead atoms. The fourth-order valence-electron chi connectivity index (χ4n) is 1.82. The van der Waals surface area contributed by atoms with Crippen molar-refractivity contribution < 1.29 is 9.47 Å². The molecule has 0 aliphatic heterocycles. The standard InChI is InChI=1S/C16H27N3O2.HI/c1-12-7-13(9-14(8-12)20-5)10-18-15(17-4)19-11-16(2,3)21-6;/h7-9H,10-11H2,1-6H3,(H2,17,18,19);1H. The maximum absolute atomic E-state index is 5.38. The third kappa shape index (κ3) is 7.31. The summed E-state index contributed by atoms with van der Waals surface area (Å²) in [4.78, 5) is 4.21. The lowest BCUT2D eigenvalue weighted by molar-refractivity contribution is 0.0268. The Hall–Kier alpha value is -1.02. The molecule has 5 nitrogen and oxygen atoms in total. The number of guanidine groups is 1. The van der Waals surface area contributed by atoms with Crippen LogP contribution in [0.5, 0.6) is 5.75 Å². The Kier molecular flexibility index (Phi) is 9.43. The first-order chi connectivity index (χ1) is 9.90. The minimum Gasteiger partial charge on any atom is -0.497 e. The second-order valence-electron chi connectivity index (χ2n) is 5.60. The van der Waals surface area contributed by atoms with Crippen molar-refractivity contribution in [3.63, 3.8) is 0 Å². The van der Waals surface area contributed by atoms with E-state index in [2.05, 4.69) is 28.6 Å². The lowest BCUT2D eigenvalue weighted by Gasteiger charge is -2.24. The number of aliphatic imine (C=N–C) groups is 1. The molecule has 0 heterocycles. The van der Waals surface area contributed by atoms with Crippen molar-refractivity contribution in [1.82, 2.24) is 10.6 Å². The van der Waals surface area contributed by atoms with Crippen molar-refractivity contribution in [2.24, 2.45) is 4.99 Å². The third-order valence-corrected chi connectivity index (χ3v) is 3.26. The van der Waals surface area contributed by atoms with Gasteiger partial charge in [-0.3, -0.25) is 4.99 Å². The first-order valence-electron chi connectivity index (χ1n) is 7.04.